The second kappa shape index (κ2) is 9.04. The van der Waals surface area contributed by atoms with Crippen LogP contribution in [0.2, 0.25) is 0 Å². The lowest BCUT2D eigenvalue weighted by Gasteiger charge is -2.12. The van der Waals surface area contributed by atoms with Crippen LogP contribution in [-0.2, 0) is 32.2 Å². The van der Waals surface area contributed by atoms with Gasteiger partial charge in [0.2, 0.25) is 0 Å². The number of carbonyl (C=O) groups excluding carboxylic acids is 1. The van der Waals surface area contributed by atoms with E-state index in [1.165, 1.54) is 6.08 Å². The zero-order chi connectivity index (χ0) is 22.8. The Morgan fingerprint density at radius 1 is 1.10 bits per heavy atom. The van der Waals surface area contributed by atoms with Gasteiger partial charge in [-0.3, -0.25) is 4.79 Å². The van der Waals surface area contributed by atoms with Crippen LogP contribution in [0.1, 0.15) is 38.8 Å². The number of benzene rings is 1. The average Bonchev–Trinajstić information content (AvgIpc) is 3.22. The maximum absolute atomic E-state index is 14.2. The maximum Gasteiger partial charge on any atom is 0.310 e. The van der Waals surface area contributed by atoms with Gasteiger partial charge in [0.05, 0.1) is 29.8 Å². The van der Waals surface area contributed by atoms with Crippen LogP contribution in [0.25, 0.3) is 0 Å². The van der Waals surface area contributed by atoms with Gasteiger partial charge in [-0.2, -0.15) is 5.26 Å². The molecule has 5 nitrogen and oxygen atoms in total. The molecular weight excluding hydrogens is 406 g/mol. The number of hydrogen-bond acceptors (Lipinski definition) is 5. The molecule has 0 unspecified atom stereocenters. The summed E-state index contributed by atoms with van der Waals surface area (Å²) in [5.41, 5.74) is -2.50. The number of esters is 1. The zero-order valence-electron chi connectivity index (χ0n) is 17.3. The van der Waals surface area contributed by atoms with Crippen LogP contribution in [0.3, 0.4) is 0 Å². The Kier molecular flexibility index (Phi) is 7.14. The van der Waals surface area contributed by atoms with Crippen molar-refractivity contribution in [1.82, 2.24) is 0 Å². The molecule has 1 aliphatic carbocycles. The van der Waals surface area contributed by atoms with E-state index in [4.69, 9.17) is 14.7 Å². The average molecular weight is 429 g/mol. The minimum absolute atomic E-state index is 0.0494. The van der Waals surface area contributed by atoms with Crippen LogP contribution >= 0.6 is 0 Å². The summed E-state index contributed by atoms with van der Waals surface area (Å²) in [5.74, 6) is -8.33. The molecule has 1 aromatic carbocycles. The van der Waals surface area contributed by atoms with E-state index in [2.05, 4.69) is 4.74 Å². The third-order valence-electron chi connectivity index (χ3n) is 5.06. The van der Waals surface area contributed by atoms with Gasteiger partial charge in [-0.25, -0.2) is 17.6 Å². The summed E-state index contributed by atoms with van der Waals surface area (Å²) in [6.07, 6.45) is 1.27. The molecule has 2 atom stereocenters. The van der Waals surface area contributed by atoms with Crippen LogP contribution in [0.15, 0.2) is 11.8 Å². The van der Waals surface area contributed by atoms with Crippen LogP contribution in [-0.4, -0.2) is 19.2 Å². The second-order valence-electron chi connectivity index (χ2n) is 7.89. The molecule has 0 N–H and O–H groups in total. The third kappa shape index (κ3) is 4.59. The molecule has 0 radical (unpaired) electrons. The Bertz CT molecular complexity index is 876. The first kappa shape index (κ1) is 23.7. The van der Waals surface area contributed by atoms with E-state index >= 15 is 0 Å². The topological polar surface area (TPSA) is 68.5 Å². The molecule has 0 aliphatic heterocycles. The number of nitrogens with zero attached hydrogens (tertiary/aromatic N) is 1. The molecule has 0 heterocycles. The van der Waals surface area contributed by atoms with Gasteiger partial charge in [0.1, 0.15) is 12.7 Å². The first-order chi connectivity index (χ1) is 14.0. The fourth-order valence-corrected chi connectivity index (χ4v) is 3.31. The minimum Gasteiger partial charge on any atom is -0.481 e. The Labute approximate surface area is 172 Å². The minimum atomic E-state index is -1.64. The lowest BCUT2D eigenvalue weighted by molar-refractivity contribution is -0.147. The van der Waals surface area contributed by atoms with Crippen molar-refractivity contribution >= 4 is 5.97 Å². The molecule has 0 saturated heterocycles. The molecule has 0 spiro atoms. The van der Waals surface area contributed by atoms with Crippen molar-refractivity contribution in [3.63, 3.8) is 0 Å². The fourth-order valence-electron chi connectivity index (χ4n) is 3.31. The summed E-state index contributed by atoms with van der Waals surface area (Å²) in [6, 6.07) is 1.90. The molecule has 1 fully saturated rings. The molecule has 0 aromatic heterocycles. The first-order valence-electron chi connectivity index (χ1n) is 9.25. The highest BCUT2D eigenvalue weighted by Crippen LogP contribution is 2.60. The molecule has 1 saturated carbocycles. The lowest BCUT2D eigenvalue weighted by Crippen LogP contribution is -2.15. The van der Waals surface area contributed by atoms with Gasteiger partial charge in [-0.05, 0) is 25.3 Å². The van der Waals surface area contributed by atoms with Crippen LogP contribution in [0.5, 0.6) is 0 Å². The smallest absolute Gasteiger partial charge is 0.310 e. The molecule has 1 aromatic rings. The van der Waals surface area contributed by atoms with Crippen LogP contribution in [0.4, 0.5) is 17.6 Å². The lowest BCUT2D eigenvalue weighted by atomic mass is 10.1. The van der Waals surface area contributed by atoms with Gasteiger partial charge in [0.25, 0.3) is 0 Å². The van der Waals surface area contributed by atoms with E-state index in [1.54, 1.807) is 27.7 Å². The van der Waals surface area contributed by atoms with Gasteiger partial charge in [0, 0.05) is 13.0 Å². The molecule has 9 heteroatoms. The van der Waals surface area contributed by atoms with Crippen molar-refractivity contribution in [1.29, 1.82) is 5.26 Å². The van der Waals surface area contributed by atoms with Crippen molar-refractivity contribution < 1.29 is 36.6 Å². The molecular formula is C21H23F4NO4. The highest BCUT2D eigenvalue weighted by molar-refractivity contribution is 5.78. The molecule has 1 aliphatic rings. The number of rotatable bonds is 8. The summed E-state index contributed by atoms with van der Waals surface area (Å²) < 4.78 is 71.2. The normalized spacial score (nSPS) is 20.1. The standard InChI is InChI=1S/C21H23F4NO4/c1-10(2)30-11(7-26)6-14-15(21(14,3)4)20(27)29-9-13-18(24)16(22)12(8-28-5)17(23)19(13)25/h6,10,14-15H,8-9H2,1-5H3/b11-6+/t14-,15+/m1/s1. The van der Waals surface area contributed by atoms with E-state index in [0.29, 0.717) is 0 Å². The SMILES string of the molecule is COCc1c(F)c(F)c(COC(=O)[C@@H]2[C@@H](/C=C(\C#N)OC(C)C)C2(C)C)c(F)c1F. The highest BCUT2D eigenvalue weighted by Gasteiger charge is 2.62. The van der Waals surface area contributed by atoms with Crippen molar-refractivity contribution in [2.45, 2.75) is 47.0 Å². The Balaban J connectivity index is 2.17. The summed E-state index contributed by atoms with van der Waals surface area (Å²) in [6.45, 7) is 5.36. The fraction of sp³-hybridized carbons (Fsp3) is 0.524. The van der Waals surface area contributed by atoms with E-state index in [9.17, 15) is 22.4 Å². The van der Waals surface area contributed by atoms with E-state index in [-0.39, 0.29) is 11.9 Å². The summed E-state index contributed by atoms with van der Waals surface area (Å²) >= 11 is 0. The summed E-state index contributed by atoms with van der Waals surface area (Å²) in [4.78, 5) is 12.4. The number of allylic oxidation sites excluding steroid dienone is 2. The number of nitriles is 1. The van der Waals surface area contributed by atoms with E-state index in [1.807, 2.05) is 6.07 Å². The van der Waals surface area contributed by atoms with Crippen molar-refractivity contribution in [3.05, 3.63) is 46.2 Å². The van der Waals surface area contributed by atoms with E-state index < -0.39 is 70.8 Å². The Morgan fingerprint density at radius 2 is 1.60 bits per heavy atom. The van der Waals surface area contributed by atoms with Crippen LogP contribution < -0.4 is 0 Å². The monoisotopic (exact) mass is 429 g/mol. The zero-order valence-corrected chi connectivity index (χ0v) is 17.3. The summed E-state index contributed by atoms with van der Waals surface area (Å²) in [5, 5.41) is 9.15. The molecule has 0 bridgehead atoms. The second-order valence-corrected chi connectivity index (χ2v) is 7.89. The highest BCUT2D eigenvalue weighted by atomic mass is 19.2. The van der Waals surface area contributed by atoms with Crippen molar-refractivity contribution in [2.24, 2.45) is 17.3 Å². The Hall–Kier alpha value is -2.60. The van der Waals surface area contributed by atoms with Gasteiger partial charge in [-0.1, -0.05) is 13.8 Å². The third-order valence-corrected chi connectivity index (χ3v) is 5.06. The quantitative estimate of drug-likeness (QED) is 0.200. The Morgan fingerprint density at radius 3 is 2.03 bits per heavy atom. The maximum atomic E-state index is 14.2. The van der Waals surface area contributed by atoms with Gasteiger partial charge in [-0.15, -0.1) is 0 Å². The molecule has 0 amide bonds. The molecule has 30 heavy (non-hydrogen) atoms. The van der Waals surface area contributed by atoms with Crippen molar-refractivity contribution in [3.8, 4) is 6.07 Å². The summed E-state index contributed by atoms with van der Waals surface area (Å²) in [7, 11) is 1.12. The number of hydrogen-bond donors (Lipinski definition) is 0. The molecule has 2 rings (SSSR count). The van der Waals surface area contributed by atoms with Crippen molar-refractivity contribution in [2.75, 3.05) is 7.11 Å². The number of ether oxygens (including phenoxy) is 3. The number of halogens is 4. The first-order valence-corrected chi connectivity index (χ1v) is 9.25. The van der Waals surface area contributed by atoms with Crippen LogP contribution in [0, 0.1) is 51.9 Å². The van der Waals surface area contributed by atoms with Gasteiger partial charge >= 0.3 is 5.97 Å². The van der Waals surface area contributed by atoms with Gasteiger partial charge < -0.3 is 14.2 Å². The predicted octanol–water partition coefficient (Wildman–Crippen LogP) is 4.54. The number of carbonyl (C=O) groups is 1. The number of methoxy groups -OCH3 is 1. The predicted molar refractivity (Wildman–Crippen MR) is 97.5 cm³/mol. The largest absolute Gasteiger partial charge is 0.481 e. The van der Waals surface area contributed by atoms with E-state index in [0.717, 1.165) is 7.11 Å². The van der Waals surface area contributed by atoms with Gasteiger partial charge in [0.15, 0.2) is 29.0 Å². The molecule has 164 valence electrons.